The highest BCUT2D eigenvalue weighted by molar-refractivity contribution is 5.79. The van der Waals surface area contributed by atoms with Gasteiger partial charge in [0.2, 0.25) is 0 Å². The molecule has 1 N–H and O–H groups in total. The lowest BCUT2D eigenvalue weighted by Crippen LogP contribution is -2.53. The molecule has 1 aliphatic heterocycles. The van der Waals surface area contributed by atoms with E-state index in [0.717, 1.165) is 16.9 Å². The van der Waals surface area contributed by atoms with E-state index in [1.807, 2.05) is 39.0 Å². The smallest absolute Gasteiger partial charge is 0.317 e. The first-order valence-electron chi connectivity index (χ1n) is 8.02. The van der Waals surface area contributed by atoms with E-state index in [1.165, 1.54) is 0 Å². The van der Waals surface area contributed by atoms with Crippen LogP contribution >= 0.6 is 0 Å². The minimum absolute atomic E-state index is 0.0332. The average Bonchev–Trinajstić information content (AvgIpc) is 2.55. The summed E-state index contributed by atoms with van der Waals surface area (Å²) in [6.07, 6.45) is 0. The Labute approximate surface area is 137 Å². The van der Waals surface area contributed by atoms with Crippen LogP contribution in [0.5, 0.6) is 5.75 Å². The summed E-state index contributed by atoms with van der Waals surface area (Å²) in [6, 6.07) is 5.88. The van der Waals surface area contributed by atoms with Gasteiger partial charge in [-0.25, -0.2) is 4.79 Å². The van der Waals surface area contributed by atoms with E-state index in [4.69, 9.17) is 4.74 Å². The van der Waals surface area contributed by atoms with Gasteiger partial charge in [-0.1, -0.05) is 12.1 Å². The molecule has 0 saturated carbocycles. The molecule has 1 saturated heterocycles. The van der Waals surface area contributed by atoms with Crippen LogP contribution in [0.1, 0.15) is 18.1 Å². The van der Waals surface area contributed by atoms with Crippen LogP contribution in [-0.2, 0) is 4.79 Å². The summed E-state index contributed by atoms with van der Waals surface area (Å²) in [4.78, 5) is 27.5. The average molecular weight is 319 g/mol. The van der Waals surface area contributed by atoms with Gasteiger partial charge in [0.15, 0.2) is 6.61 Å². The van der Waals surface area contributed by atoms with Crippen LogP contribution < -0.4 is 10.1 Å². The lowest BCUT2D eigenvalue weighted by Gasteiger charge is -2.34. The van der Waals surface area contributed by atoms with Gasteiger partial charge in [0.1, 0.15) is 5.75 Å². The Bertz CT molecular complexity index is 566. The molecule has 0 bridgehead atoms. The number of ether oxygens (including phenoxy) is 1. The monoisotopic (exact) mass is 319 g/mol. The number of urea groups is 1. The molecule has 23 heavy (non-hydrogen) atoms. The Morgan fingerprint density at radius 3 is 2.43 bits per heavy atom. The molecule has 0 radical (unpaired) electrons. The summed E-state index contributed by atoms with van der Waals surface area (Å²) in [5.41, 5.74) is 2.12. The number of nitrogens with one attached hydrogen (secondary N) is 1. The molecule has 6 nitrogen and oxygen atoms in total. The second-order valence-electron chi connectivity index (χ2n) is 5.76. The van der Waals surface area contributed by atoms with Crippen molar-refractivity contribution in [1.29, 1.82) is 0 Å². The maximum atomic E-state index is 12.3. The van der Waals surface area contributed by atoms with Gasteiger partial charge in [-0.05, 0) is 38.0 Å². The van der Waals surface area contributed by atoms with Crippen LogP contribution in [0.3, 0.4) is 0 Å². The van der Waals surface area contributed by atoms with Gasteiger partial charge in [0.05, 0.1) is 0 Å². The summed E-state index contributed by atoms with van der Waals surface area (Å²) in [6.45, 7) is 8.70. The second kappa shape index (κ2) is 7.85. The molecule has 1 fully saturated rings. The summed E-state index contributed by atoms with van der Waals surface area (Å²) < 4.78 is 5.66. The maximum absolute atomic E-state index is 12.3. The first-order chi connectivity index (χ1) is 11.0. The molecular weight excluding hydrogens is 294 g/mol. The van der Waals surface area contributed by atoms with Gasteiger partial charge in [0, 0.05) is 32.7 Å². The van der Waals surface area contributed by atoms with E-state index < -0.39 is 0 Å². The fourth-order valence-electron chi connectivity index (χ4n) is 2.52. The largest absolute Gasteiger partial charge is 0.483 e. The normalized spacial score (nSPS) is 14.6. The number of carbonyl (C=O) groups is 2. The minimum Gasteiger partial charge on any atom is -0.483 e. The van der Waals surface area contributed by atoms with Crippen molar-refractivity contribution in [3.8, 4) is 5.75 Å². The quantitative estimate of drug-likeness (QED) is 0.916. The molecule has 6 heteroatoms. The highest BCUT2D eigenvalue weighted by atomic mass is 16.5. The molecule has 0 aliphatic carbocycles. The first kappa shape index (κ1) is 17.1. The molecule has 1 aliphatic rings. The van der Waals surface area contributed by atoms with Gasteiger partial charge in [-0.3, -0.25) is 4.79 Å². The fourth-order valence-corrected chi connectivity index (χ4v) is 2.52. The molecule has 1 aromatic rings. The van der Waals surface area contributed by atoms with Crippen molar-refractivity contribution in [3.63, 3.8) is 0 Å². The van der Waals surface area contributed by atoms with Crippen molar-refractivity contribution < 1.29 is 14.3 Å². The van der Waals surface area contributed by atoms with Crippen LogP contribution in [0.25, 0.3) is 0 Å². The van der Waals surface area contributed by atoms with Gasteiger partial charge in [-0.15, -0.1) is 0 Å². The number of piperazine rings is 1. The van der Waals surface area contributed by atoms with Gasteiger partial charge in [0.25, 0.3) is 5.91 Å². The van der Waals surface area contributed by atoms with Crippen molar-refractivity contribution in [2.45, 2.75) is 20.8 Å². The van der Waals surface area contributed by atoms with E-state index in [1.54, 1.807) is 9.80 Å². The lowest BCUT2D eigenvalue weighted by molar-refractivity contribution is -0.134. The first-order valence-corrected chi connectivity index (χ1v) is 8.02. The van der Waals surface area contributed by atoms with E-state index in [9.17, 15) is 9.59 Å². The fraction of sp³-hybridized carbons (Fsp3) is 0.529. The number of benzene rings is 1. The number of hydrogen-bond acceptors (Lipinski definition) is 3. The SMILES string of the molecule is CCNC(=O)N1CCN(C(=O)COc2cc(C)ccc2C)CC1. The van der Waals surface area contributed by atoms with Crippen molar-refractivity contribution in [1.82, 2.24) is 15.1 Å². The predicted octanol–water partition coefficient (Wildman–Crippen LogP) is 1.56. The number of hydrogen-bond donors (Lipinski definition) is 1. The zero-order chi connectivity index (χ0) is 16.8. The Morgan fingerprint density at radius 2 is 1.78 bits per heavy atom. The molecule has 1 heterocycles. The summed E-state index contributed by atoms with van der Waals surface area (Å²) in [5, 5.41) is 2.78. The third kappa shape index (κ3) is 4.61. The Morgan fingerprint density at radius 1 is 1.13 bits per heavy atom. The standard InChI is InChI=1S/C17H25N3O3/c1-4-18-17(22)20-9-7-19(8-10-20)16(21)12-23-15-11-13(2)5-6-14(15)3/h5-6,11H,4,7-10,12H2,1-3H3,(H,18,22). The second-order valence-corrected chi connectivity index (χ2v) is 5.76. The summed E-state index contributed by atoms with van der Waals surface area (Å²) >= 11 is 0. The molecule has 3 amide bonds. The van der Waals surface area contributed by atoms with Crippen molar-refractivity contribution >= 4 is 11.9 Å². The molecule has 126 valence electrons. The summed E-state index contributed by atoms with van der Waals surface area (Å²) in [5.74, 6) is 0.709. The lowest BCUT2D eigenvalue weighted by atomic mass is 10.1. The van der Waals surface area contributed by atoms with Crippen molar-refractivity contribution in [3.05, 3.63) is 29.3 Å². The van der Waals surface area contributed by atoms with Gasteiger partial charge < -0.3 is 19.9 Å². The highest BCUT2D eigenvalue weighted by Crippen LogP contribution is 2.19. The van der Waals surface area contributed by atoms with E-state index in [-0.39, 0.29) is 18.5 Å². The van der Waals surface area contributed by atoms with Gasteiger partial charge >= 0.3 is 6.03 Å². The number of carbonyl (C=O) groups excluding carboxylic acids is 2. The van der Waals surface area contributed by atoms with Crippen LogP contribution in [0.2, 0.25) is 0 Å². The Kier molecular flexibility index (Phi) is 5.84. The molecule has 0 aromatic heterocycles. The number of nitrogens with zero attached hydrogens (tertiary/aromatic N) is 2. The van der Waals surface area contributed by atoms with E-state index >= 15 is 0 Å². The molecule has 1 aromatic carbocycles. The molecular formula is C17H25N3O3. The summed E-state index contributed by atoms with van der Waals surface area (Å²) in [7, 11) is 0. The number of amides is 3. The van der Waals surface area contributed by atoms with Crippen LogP contribution in [0.15, 0.2) is 18.2 Å². The van der Waals surface area contributed by atoms with E-state index in [2.05, 4.69) is 5.32 Å². The molecule has 0 unspecified atom stereocenters. The number of rotatable bonds is 4. The minimum atomic E-state index is -0.0637. The van der Waals surface area contributed by atoms with Crippen LogP contribution in [0, 0.1) is 13.8 Å². The zero-order valence-electron chi connectivity index (χ0n) is 14.1. The van der Waals surface area contributed by atoms with Gasteiger partial charge in [-0.2, -0.15) is 0 Å². The number of aryl methyl sites for hydroxylation is 2. The third-order valence-corrected chi connectivity index (χ3v) is 3.94. The van der Waals surface area contributed by atoms with Crippen molar-refractivity contribution in [2.75, 3.05) is 39.3 Å². The van der Waals surface area contributed by atoms with Crippen molar-refractivity contribution in [2.24, 2.45) is 0 Å². The molecule has 0 spiro atoms. The maximum Gasteiger partial charge on any atom is 0.317 e. The molecule has 0 atom stereocenters. The zero-order valence-corrected chi connectivity index (χ0v) is 14.1. The highest BCUT2D eigenvalue weighted by Gasteiger charge is 2.24. The third-order valence-electron chi connectivity index (χ3n) is 3.94. The topological polar surface area (TPSA) is 61.9 Å². The van der Waals surface area contributed by atoms with Crippen LogP contribution in [-0.4, -0.2) is 61.1 Å². The van der Waals surface area contributed by atoms with E-state index in [0.29, 0.717) is 32.7 Å². The van der Waals surface area contributed by atoms with Crippen LogP contribution in [0.4, 0.5) is 4.79 Å². The molecule has 2 rings (SSSR count). The Hall–Kier alpha value is -2.24. The Balaban J connectivity index is 1.81. The predicted molar refractivity (Wildman–Crippen MR) is 88.6 cm³/mol.